The lowest BCUT2D eigenvalue weighted by molar-refractivity contribution is -0.116. The van der Waals surface area contributed by atoms with E-state index in [1.165, 1.54) is 23.9 Å². The van der Waals surface area contributed by atoms with Crippen molar-refractivity contribution in [2.75, 3.05) is 5.75 Å². The molecule has 0 spiro atoms. The predicted octanol–water partition coefficient (Wildman–Crippen LogP) is 4.45. The Morgan fingerprint density at radius 2 is 1.86 bits per heavy atom. The summed E-state index contributed by atoms with van der Waals surface area (Å²) in [6.45, 7) is 0. The van der Waals surface area contributed by atoms with Crippen molar-refractivity contribution < 1.29 is 14.0 Å². The first kappa shape index (κ1) is 18.6. The van der Waals surface area contributed by atoms with E-state index >= 15 is 0 Å². The van der Waals surface area contributed by atoms with Crippen molar-refractivity contribution in [2.24, 2.45) is 4.99 Å². The molecule has 0 radical (unpaired) electrons. The van der Waals surface area contributed by atoms with Crippen LogP contribution in [0.2, 0.25) is 0 Å². The number of ketones is 2. The maximum absolute atomic E-state index is 13.3. The van der Waals surface area contributed by atoms with Gasteiger partial charge >= 0.3 is 0 Å². The van der Waals surface area contributed by atoms with Gasteiger partial charge in [-0.25, -0.2) is 9.38 Å². The van der Waals surface area contributed by atoms with Crippen LogP contribution < -0.4 is 5.32 Å². The Labute approximate surface area is 166 Å². The number of hydrogen-bond donors (Lipinski definition) is 1. The van der Waals surface area contributed by atoms with Gasteiger partial charge in [-0.15, -0.1) is 0 Å². The Morgan fingerprint density at radius 3 is 2.61 bits per heavy atom. The summed E-state index contributed by atoms with van der Waals surface area (Å²) in [7, 11) is 0. The first-order valence-electron chi connectivity index (χ1n) is 9.19. The average Bonchev–Trinajstić information content (AvgIpc) is 2.73. The van der Waals surface area contributed by atoms with Crippen molar-refractivity contribution in [1.82, 2.24) is 5.32 Å². The minimum absolute atomic E-state index is 0.0212. The Morgan fingerprint density at radius 1 is 1.11 bits per heavy atom. The van der Waals surface area contributed by atoms with Gasteiger partial charge in [-0.1, -0.05) is 54.2 Å². The number of halogens is 1. The van der Waals surface area contributed by atoms with Crippen molar-refractivity contribution in [1.29, 1.82) is 0 Å². The molecule has 1 N–H and O–H groups in total. The second-order valence-corrected chi connectivity index (χ2v) is 7.72. The molecule has 1 atom stereocenters. The number of benzene rings is 2. The van der Waals surface area contributed by atoms with Crippen molar-refractivity contribution in [3.8, 4) is 0 Å². The van der Waals surface area contributed by atoms with Gasteiger partial charge in [0.25, 0.3) is 0 Å². The van der Waals surface area contributed by atoms with E-state index in [-0.39, 0.29) is 23.1 Å². The minimum atomic E-state index is -0.459. The van der Waals surface area contributed by atoms with Crippen molar-refractivity contribution in [3.63, 3.8) is 0 Å². The number of nitrogens with zero attached hydrogens (tertiary/aromatic N) is 1. The highest BCUT2D eigenvalue weighted by Crippen LogP contribution is 2.37. The number of nitrogens with one attached hydrogen (secondary N) is 1. The Kier molecular flexibility index (Phi) is 5.39. The molecule has 0 aromatic heterocycles. The number of allylic oxidation sites excluding steroid dienone is 1. The summed E-state index contributed by atoms with van der Waals surface area (Å²) >= 11 is 1.33. The lowest BCUT2D eigenvalue weighted by Crippen LogP contribution is -2.33. The zero-order valence-corrected chi connectivity index (χ0v) is 16.0. The molecule has 142 valence electrons. The smallest absolute Gasteiger partial charge is 0.173 e. The fraction of sp³-hybridized carbons (Fsp3) is 0.227. The van der Waals surface area contributed by atoms with Gasteiger partial charge in [0.15, 0.2) is 16.7 Å². The summed E-state index contributed by atoms with van der Waals surface area (Å²) in [5.74, 6) is 0.0285. The average molecular weight is 394 g/mol. The molecule has 0 saturated carbocycles. The quantitative estimate of drug-likeness (QED) is 0.779. The summed E-state index contributed by atoms with van der Waals surface area (Å²) in [5, 5.41) is 3.87. The Hall–Kier alpha value is -2.73. The molecule has 28 heavy (non-hydrogen) atoms. The van der Waals surface area contributed by atoms with Crippen LogP contribution in [0.3, 0.4) is 0 Å². The standard InChI is InChI=1S/C22H19FN2O2S/c23-16-11-9-15(10-12-16)21-20-17(7-4-8-18(20)26)24-22(25-21)28-13-19(27)14-5-2-1-3-6-14/h1-3,5-6,9-12,21H,4,7-8,13H2,(H,24,25). The lowest BCUT2D eigenvalue weighted by Gasteiger charge is -2.30. The minimum Gasteiger partial charge on any atom is -0.338 e. The van der Waals surface area contributed by atoms with Crippen LogP contribution in [0, 0.1) is 5.82 Å². The highest BCUT2D eigenvalue weighted by atomic mass is 32.2. The highest BCUT2D eigenvalue weighted by molar-refractivity contribution is 8.14. The van der Waals surface area contributed by atoms with Crippen LogP contribution in [-0.2, 0) is 4.79 Å². The molecule has 2 aromatic rings. The van der Waals surface area contributed by atoms with Gasteiger partial charge in [0.2, 0.25) is 0 Å². The van der Waals surface area contributed by atoms with Gasteiger partial charge in [0, 0.05) is 23.3 Å². The van der Waals surface area contributed by atoms with E-state index in [4.69, 9.17) is 4.99 Å². The summed E-state index contributed by atoms with van der Waals surface area (Å²) < 4.78 is 13.3. The largest absolute Gasteiger partial charge is 0.338 e. The molecular weight excluding hydrogens is 375 g/mol. The number of aliphatic imine (C=N–C) groups is 1. The third-order valence-corrected chi connectivity index (χ3v) is 5.74. The number of carbonyl (C=O) groups is 2. The van der Waals surface area contributed by atoms with Crippen LogP contribution in [0.4, 0.5) is 4.39 Å². The van der Waals surface area contributed by atoms with Crippen LogP contribution in [0.15, 0.2) is 70.9 Å². The van der Waals surface area contributed by atoms with Crippen molar-refractivity contribution in [2.45, 2.75) is 25.3 Å². The molecule has 0 fully saturated rings. The number of hydrogen-bond acceptors (Lipinski definition) is 5. The molecule has 2 aromatic carbocycles. The van der Waals surface area contributed by atoms with E-state index in [0.29, 0.717) is 22.7 Å². The third kappa shape index (κ3) is 3.92. The van der Waals surface area contributed by atoms with E-state index in [9.17, 15) is 14.0 Å². The zero-order chi connectivity index (χ0) is 19.5. The second kappa shape index (κ2) is 8.10. The van der Waals surface area contributed by atoms with Gasteiger partial charge in [0.05, 0.1) is 5.75 Å². The second-order valence-electron chi connectivity index (χ2n) is 6.76. The molecule has 0 amide bonds. The monoisotopic (exact) mass is 394 g/mol. The molecule has 0 bridgehead atoms. The first-order valence-corrected chi connectivity index (χ1v) is 10.2. The molecule has 1 heterocycles. The molecule has 2 aliphatic rings. The summed E-state index contributed by atoms with van der Waals surface area (Å²) in [5.41, 5.74) is 2.97. The van der Waals surface area contributed by atoms with E-state index in [2.05, 4.69) is 5.32 Å². The van der Waals surface area contributed by atoms with Gasteiger partial charge in [-0.3, -0.25) is 9.59 Å². The number of amidine groups is 1. The van der Waals surface area contributed by atoms with E-state index in [1.54, 1.807) is 24.3 Å². The number of rotatable bonds is 4. The topological polar surface area (TPSA) is 58.5 Å². The SMILES string of the molecule is O=C1CCCC2=C1C(c1ccc(F)cc1)N=C(SCC(=O)c1ccccc1)N2. The molecule has 1 aliphatic heterocycles. The van der Waals surface area contributed by atoms with E-state index in [0.717, 1.165) is 24.1 Å². The molecule has 1 unspecified atom stereocenters. The maximum atomic E-state index is 13.3. The summed E-state index contributed by atoms with van der Waals surface area (Å²) in [6.07, 6.45) is 2.06. The lowest BCUT2D eigenvalue weighted by atomic mass is 9.86. The predicted molar refractivity (Wildman–Crippen MR) is 109 cm³/mol. The van der Waals surface area contributed by atoms with Gasteiger partial charge in [0.1, 0.15) is 11.9 Å². The summed E-state index contributed by atoms with van der Waals surface area (Å²) in [4.78, 5) is 29.6. The van der Waals surface area contributed by atoms with Crippen LogP contribution in [0.1, 0.15) is 41.2 Å². The number of Topliss-reactive ketones (excluding diaryl/α,β-unsaturated/α-hetero) is 2. The number of thioether (sulfide) groups is 1. The Bertz CT molecular complexity index is 968. The molecular formula is C22H19FN2O2S. The van der Waals surface area contributed by atoms with Gasteiger partial charge in [-0.2, -0.15) is 0 Å². The highest BCUT2D eigenvalue weighted by Gasteiger charge is 2.32. The fourth-order valence-electron chi connectivity index (χ4n) is 3.45. The normalized spacial score (nSPS) is 19.0. The first-order chi connectivity index (χ1) is 13.6. The van der Waals surface area contributed by atoms with Crippen LogP contribution in [0.25, 0.3) is 0 Å². The van der Waals surface area contributed by atoms with Crippen LogP contribution in [0.5, 0.6) is 0 Å². The molecule has 4 nitrogen and oxygen atoms in total. The molecule has 0 saturated heterocycles. The van der Waals surface area contributed by atoms with Crippen molar-refractivity contribution >= 4 is 28.5 Å². The van der Waals surface area contributed by atoms with Gasteiger partial charge < -0.3 is 5.32 Å². The Balaban J connectivity index is 1.58. The third-order valence-electron chi connectivity index (χ3n) is 4.86. The summed E-state index contributed by atoms with van der Waals surface area (Å²) in [6, 6.07) is 14.8. The molecule has 6 heteroatoms. The molecule has 1 aliphatic carbocycles. The fourth-order valence-corrected chi connectivity index (χ4v) is 4.26. The van der Waals surface area contributed by atoms with Crippen LogP contribution in [-0.4, -0.2) is 22.5 Å². The maximum Gasteiger partial charge on any atom is 0.173 e. The zero-order valence-electron chi connectivity index (χ0n) is 15.2. The number of carbonyl (C=O) groups excluding carboxylic acids is 2. The van der Waals surface area contributed by atoms with Gasteiger partial charge in [-0.05, 0) is 30.5 Å². The van der Waals surface area contributed by atoms with Crippen molar-refractivity contribution in [3.05, 3.63) is 82.8 Å². The van der Waals surface area contributed by atoms with Crippen LogP contribution >= 0.6 is 11.8 Å². The van der Waals surface area contributed by atoms with E-state index < -0.39 is 6.04 Å². The molecule has 4 rings (SSSR count). The van der Waals surface area contributed by atoms with E-state index in [1.807, 2.05) is 18.2 Å².